The molecule has 0 bridgehead atoms. The maximum Gasteiger partial charge on any atom is 0.242 e. The third kappa shape index (κ3) is 3.84. The van der Waals surface area contributed by atoms with Gasteiger partial charge in [0.1, 0.15) is 6.04 Å². The van der Waals surface area contributed by atoms with Crippen molar-refractivity contribution in [1.29, 1.82) is 0 Å². The predicted molar refractivity (Wildman–Crippen MR) is 71.4 cm³/mol. The van der Waals surface area contributed by atoms with Gasteiger partial charge in [-0.05, 0) is 48.1 Å². The first-order valence-corrected chi connectivity index (χ1v) is 7.28. The van der Waals surface area contributed by atoms with Crippen molar-refractivity contribution in [2.45, 2.75) is 38.1 Å². The van der Waals surface area contributed by atoms with Gasteiger partial charge in [-0.1, -0.05) is 0 Å². The molecule has 1 aliphatic rings. The van der Waals surface area contributed by atoms with E-state index in [1.165, 1.54) is 5.56 Å². The zero-order chi connectivity index (χ0) is 12.8. The number of rotatable bonds is 4. The van der Waals surface area contributed by atoms with E-state index in [0.717, 1.165) is 32.2 Å². The molecule has 1 saturated heterocycles. The summed E-state index contributed by atoms with van der Waals surface area (Å²) in [6, 6.07) is 1.68. The molecule has 18 heavy (non-hydrogen) atoms. The summed E-state index contributed by atoms with van der Waals surface area (Å²) >= 11 is 1.63. The van der Waals surface area contributed by atoms with Crippen LogP contribution in [0.4, 0.5) is 0 Å². The lowest BCUT2D eigenvalue weighted by atomic mass is 10.1. The molecule has 1 aromatic rings. The third-order valence-electron chi connectivity index (χ3n) is 3.09. The molecule has 0 saturated carbocycles. The van der Waals surface area contributed by atoms with Gasteiger partial charge in [-0.25, -0.2) is 0 Å². The van der Waals surface area contributed by atoms with E-state index >= 15 is 0 Å². The summed E-state index contributed by atoms with van der Waals surface area (Å²) in [5, 5.41) is 9.69. The lowest BCUT2D eigenvalue weighted by Gasteiger charge is -2.14. The summed E-state index contributed by atoms with van der Waals surface area (Å²) in [5.74, 6) is -0.0837. The first-order valence-electron chi connectivity index (χ1n) is 6.34. The van der Waals surface area contributed by atoms with Crippen LogP contribution in [-0.4, -0.2) is 24.4 Å². The largest absolute Gasteiger partial charge is 0.354 e. The molecule has 2 rings (SSSR count). The highest BCUT2D eigenvalue weighted by atomic mass is 32.1. The molecule has 0 unspecified atom stereocenters. The highest BCUT2D eigenvalue weighted by molar-refractivity contribution is 7.07. The Kier molecular flexibility index (Phi) is 4.75. The Morgan fingerprint density at radius 1 is 1.50 bits per heavy atom. The van der Waals surface area contributed by atoms with Crippen LogP contribution in [0.2, 0.25) is 0 Å². The molecule has 0 aromatic carbocycles. The molecule has 2 heterocycles. The van der Waals surface area contributed by atoms with Crippen molar-refractivity contribution in [3.05, 3.63) is 22.4 Å². The van der Waals surface area contributed by atoms with Gasteiger partial charge in [-0.3, -0.25) is 9.59 Å². The number of thiophene rings is 1. The van der Waals surface area contributed by atoms with Gasteiger partial charge >= 0.3 is 0 Å². The topological polar surface area (TPSA) is 58.2 Å². The number of hydrogen-bond donors (Lipinski definition) is 2. The van der Waals surface area contributed by atoms with Gasteiger partial charge < -0.3 is 10.6 Å². The first-order chi connectivity index (χ1) is 8.75. The van der Waals surface area contributed by atoms with Crippen LogP contribution in [-0.2, 0) is 16.0 Å². The number of carbonyl (C=O) groups excluding carboxylic acids is 2. The van der Waals surface area contributed by atoms with E-state index in [2.05, 4.69) is 10.6 Å². The van der Waals surface area contributed by atoms with E-state index < -0.39 is 0 Å². The van der Waals surface area contributed by atoms with E-state index in [1.54, 1.807) is 11.3 Å². The second kappa shape index (κ2) is 6.54. The molecule has 4 nitrogen and oxygen atoms in total. The van der Waals surface area contributed by atoms with Gasteiger partial charge in [0.15, 0.2) is 0 Å². The van der Waals surface area contributed by atoms with Crippen molar-refractivity contribution >= 4 is 23.2 Å². The van der Waals surface area contributed by atoms with Crippen molar-refractivity contribution in [2.24, 2.45) is 0 Å². The molecule has 1 fully saturated rings. The molecule has 2 N–H and O–H groups in total. The van der Waals surface area contributed by atoms with E-state index in [9.17, 15) is 9.59 Å². The van der Waals surface area contributed by atoms with E-state index in [0.29, 0.717) is 6.42 Å². The Morgan fingerprint density at radius 3 is 3.17 bits per heavy atom. The Labute approximate surface area is 111 Å². The van der Waals surface area contributed by atoms with Crippen molar-refractivity contribution in [3.63, 3.8) is 0 Å². The summed E-state index contributed by atoms with van der Waals surface area (Å²) < 4.78 is 0. The average molecular weight is 266 g/mol. The number of hydrogen-bond acceptors (Lipinski definition) is 3. The normalized spacial score (nSPS) is 20.0. The van der Waals surface area contributed by atoms with E-state index in [1.807, 2.05) is 16.8 Å². The predicted octanol–water partition coefficient (Wildman–Crippen LogP) is 1.47. The fourth-order valence-electron chi connectivity index (χ4n) is 2.04. The molecule has 1 aromatic heterocycles. The molecule has 0 spiro atoms. The van der Waals surface area contributed by atoms with Crippen LogP contribution in [0, 0.1) is 0 Å². The Balaban J connectivity index is 1.77. The quantitative estimate of drug-likeness (QED) is 0.867. The highest BCUT2D eigenvalue weighted by Crippen LogP contribution is 2.09. The van der Waals surface area contributed by atoms with Crippen LogP contribution in [0.25, 0.3) is 0 Å². The lowest BCUT2D eigenvalue weighted by molar-refractivity contribution is -0.128. The molecule has 0 aliphatic carbocycles. The fourth-order valence-corrected chi connectivity index (χ4v) is 2.74. The number of amides is 2. The smallest absolute Gasteiger partial charge is 0.242 e. The number of nitrogens with one attached hydrogen (secondary N) is 2. The summed E-state index contributed by atoms with van der Waals surface area (Å²) in [6.07, 6.45) is 3.90. The SMILES string of the molecule is O=C(CCc1ccsc1)N[C@H]1CCCCNC1=O. The molecular weight excluding hydrogens is 248 g/mol. The minimum absolute atomic E-state index is 0.0387. The van der Waals surface area contributed by atoms with Gasteiger partial charge in [0.2, 0.25) is 11.8 Å². The first kappa shape index (κ1) is 13.1. The van der Waals surface area contributed by atoms with E-state index in [4.69, 9.17) is 0 Å². The lowest BCUT2D eigenvalue weighted by Crippen LogP contribution is -2.45. The molecule has 5 heteroatoms. The molecular formula is C13H18N2O2S. The maximum atomic E-state index is 11.8. The van der Waals surface area contributed by atoms with Crippen molar-refractivity contribution in [3.8, 4) is 0 Å². The summed E-state index contributed by atoms with van der Waals surface area (Å²) in [7, 11) is 0. The van der Waals surface area contributed by atoms with E-state index in [-0.39, 0.29) is 17.9 Å². The summed E-state index contributed by atoms with van der Waals surface area (Å²) in [5.41, 5.74) is 1.18. The second-order valence-electron chi connectivity index (χ2n) is 4.54. The number of aryl methyl sites for hydroxylation is 1. The maximum absolute atomic E-state index is 11.8. The van der Waals surface area contributed by atoms with Gasteiger partial charge in [-0.15, -0.1) is 0 Å². The van der Waals surface area contributed by atoms with Crippen LogP contribution in [0.15, 0.2) is 16.8 Å². The minimum Gasteiger partial charge on any atom is -0.354 e. The number of carbonyl (C=O) groups is 2. The van der Waals surface area contributed by atoms with Gasteiger partial charge in [0, 0.05) is 13.0 Å². The average Bonchev–Trinajstić information content (AvgIpc) is 2.80. The van der Waals surface area contributed by atoms with Crippen LogP contribution < -0.4 is 10.6 Å². The monoisotopic (exact) mass is 266 g/mol. The molecule has 2 amide bonds. The van der Waals surface area contributed by atoms with Crippen LogP contribution in [0.3, 0.4) is 0 Å². The molecule has 98 valence electrons. The Hall–Kier alpha value is -1.36. The Morgan fingerprint density at radius 2 is 2.39 bits per heavy atom. The van der Waals surface area contributed by atoms with Crippen LogP contribution >= 0.6 is 11.3 Å². The zero-order valence-electron chi connectivity index (χ0n) is 10.3. The van der Waals surface area contributed by atoms with Gasteiger partial charge in [0.25, 0.3) is 0 Å². The fraction of sp³-hybridized carbons (Fsp3) is 0.538. The van der Waals surface area contributed by atoms with Crippen LogP contribution in [0.1, 0.15) is 31.2 Å². The summed E-state index contributed by atoms with van der Waals surface area (Å²) in [6.45, 7) is 0.722. The molecule has 1 atom stereocenters. The van der Waals surface area contributed by atoms with Crippen molar-refractivity contribution in [1.82, 2.24) is 10.6 Å². The second-order valence-corrected chi connectivity index (χ2v) is 5.32. The van der Waals surface area contributed by atoms with Crippen molar-refractivity contribution < 1.29 is 9.59 Å². The standard InChI is InChI=1S/C13H18N2O2S/c16-12(5-4-10-6-8-18-9-10)15-11-3-1-2-7-14-13(11)17/h6,8-9,11H,1-5,7H2,(H,14,17)(H,15,16)/t11-/m0/s1. The van der Waals surface area contributed by atoms with Gasteiger partial charge in [0.05, 0.1) is 0 Å². The van der Waals surface area contributed by atoms with Crippen molar-refractivity contribution in [2.75, 3.05) is 6.54 Å². The molecule has 1 aliphatic heterocycles. The van der Waals surface area contributed by atoms with Crippen LogP contribution in [0.5, 0.6) is 0 Å². The van der Waals surface area contributed by atoms with Gasteiger partial charge in [-0.2, -0.15) is 11.3 Å². The third-order valence-corrected chi connectivity index (χ3v) is 3.82. The highest BCUT2D eigenvalue weighted by Gasteiger charge is 2.21. The molecule has 0 radical (unpaired) electrons. The minimum atomic E-state index is -0.345. The Bertz CT molecular complexity index is 403. The zero-order valence-corrected chi connectivity index (χ0v) is 11.1. The summed E-state index contributed by atoms with van der Waals surface area (Å²) in [4.78, 5) is 23.4.